The van der Waals surface area contributed by atoms with Gasteiger partial charge in [-0.05, 0) is 18.8 Å². The number of alkyl halides is 3. The average Bonchev–Trinajstić information content (AvgIpc) is 2.06. The van der Waals surface area contributed by atoms with Crippen LogP contribution in [0.1, 0.15) is 39.5 Å². The van der Waals surface area contributed by atoms with Crippen LogP contribution in [0.5, 0.6) is 0 Å². The van der Waals surface area contributed by atoms with E-state index in [1.807, 2.05) is 13.8 Å². The van der Waals surface area contributed by atoms with E-state index in [9.17, 15) is 13.2 Å². The Morgan fingerprint density at radius 2 is 1.92 bits per heavy atom. The van der Waals surface area contributed by atoms with Gasteiger partial charge in [0.2, 0.25) is 5.92 Å². The Hall–Kier alpha value is -0.210. The number of halogens is 3. The molecule has 1 unspecified atom stereocenters. The molecule has 74 valence electrons. The molecule has 0 N–H and O–H groups in total. The second-order valence-electron chi connectivity index (χ2n) is 2.97. The summed E-state index contributed by atoms with van der Waals surface area (Å²) >= 11 is 0. The molecule has 0 radical (unpaired) electrons. The number of hydrogen-bond donors (Lipinski definition) is 0. The first-order valence-electron chi connectivity index (χ1n) is 4.58. The maximum atomic E-state index is 12.5. The van der Waals surface area contributed by atoms with Gasteiger partial charge >= 0.3 is 0 Å². The van der Waals surface area contributed by atoms with Crippen LogP contribution >= 0.6 is 0 Å². The maximum absolute atomic E-state index is 12.5. The summed E-state index contributed by atoms with van der Waals surface area (Å²) in [4.78, 5) is 0. The molecule has 1 aliphatic rings. The summed E-state index contributed by atoms with van der Waals surface area (Å²) in [5.41, 5.74) is 0. The number of rotatable bonds is 1. The molecule has 0 aliphatic heterocycles. The van der Waals surface area contributed by atoms with Gasteiger partial charge in [-0.3, -0.25) is 4.39 Å². The molecular formula is C9H17F3. The summed E-state index contributed by atoms with van der Waals surface area (Å²) in [5, 5.41) is 0. The molecule has 1 fully saturated rings. The van der Waals surface area contributed by atoms with E-state index in [1.54, 1.807) is 0 Å². The first kappa shape index (κ1) is 11.8. The van der Waals surface area contributed by atoms with Crippen LogP contribution in [0.4, 0.5) is 13.2 Å². The minimum atomic E-state index is -2.59. The highest BCUT2D eigenvalue weighted by molar-refractivity contribution is 4.77. The Bertz CT molecular complexity index is 112. The first-order chi connectivity index (χ1) is 5.64. The van der Waals surface area contributed by atoms with Gasteiger partial charge in [0.05, 0.1) is 6.67 Å². The summed E-state index contributed by atoms with van der Waals surface area (Å²) in [7, 11) is 0. The summed E-state index contributed by atoms with van der Waals surface area (Å²) < 4.78 is 36.8. The topological polar surface area (TPSA) is 0 Å². The van der Waals surface area contributed by atoms with Crippen molar-refractivity contribution in [2.75, 3.05) is 6.67 Å². The van der Waals surface area contributed by atoms with Crippen LogP contribution < -0.4 is 0 Å². The second kappa shape index (κ2) is 5.44. The van der Waals surface area contributed by atoms with Gasteiger partial charge in [0.15, 0.2) is 0 Å². The van der Waals surface area contributed by atoms with Gasteiger partial charge in [0.1, 0.15) is 0 Å². The molecule has 1 aliphatic carbocycles. The van der Waals surface area contributed by atoms with Gasteiger partial charge in [-0.2, -0.15) is 0 Å². The molecular weight excluding hydrogens is 165 g/mol. The monoisotopic (exact) mass is 182 g/mol. The van der Waals surface area contributed by atoms with Crippen LogP contribution in [0.2, 0.25) is 0 Å². The first-order valence-corrected chi connectivity index (χ1v) is 4.58. The zero-order valence-corrected chi connectivity index (χ0v) is 7.75. The van der Waals surface area contributed by atoms with Crippen LogP contribution in [-0.4, -0.2) is 12.6 Å². The molecule has 1 atom stereocenters. The maximum Gasteiger partial charge on any atom is 0.248 e. The van der Waals surface area contributed by atoms with E-state index in [2.05, 4.69) is 0 Å². The Kier molecular flexibility index (Phi) is 5.34. The molecule has 0 heterocycles. The predicted molar refractivity (Wildman–Crippen MR) is 44.2 cm³/mol. The SMILES string of the molecule is CC.FCC1CCCC(F)(F)C1. The Morgan fingerprint density at radius 1 is 1.33 bits per heavy atom. The third-order valence-corrected chi connectivity index (χ3v) is 1.96. The van der Waals surface area contributed by atoms with Gasteiger partial charge in [0.25, 0.3) is 0 Å². The van der Waals surface area contributed by atoms with Gasteiger partial charge in [-0.1, -0.05) is 13.8 Å². The van der Waals surface area contributed by atoms with E-state index >= 15 is 0 Å². The van der Waals surface area contributed by atoms with Crippen molar-refractivity contribution in [2.24, 2.45) is 5.92 Å². The van der Waals surface area contributed by atoms with Crippen LogP contribution in [0.25, 0.3) is 0 Å². The number of hydrogen-bond acceptors (Lipinski definition) is 0. The summed E-state index contributed by atoms with van der Waals surface area (Å²) in [6.07, 6.45) is 0.806. The van der Waals surface area contributed by atoms with Gasteiger partial charge < -0.3 is 0 Å². The lowest BCUT2D eigenvalue weighted by atomic mass is 9.87. The van der Waals surface area contributed by atoms with Gasteiger partial charge in [-0.25, -0.2) is 8.78 Å². The third-order valence-electron chi connectivity index (χ3n) is 1.96. The molecule has 1 saturated carbocycles. The van der Waals surface area contributed by atoms with E-state index in [1.165, 1.54) is 0 Å². The normalized spacial score (nSPS) is 27.2. The smallest absolute Gasteiger partial charge is 0.248 e. The lowest BCUT2D eigenvalue weighted by molar-refractivity contribution is -0.0555. The molecule has 0 saturated heterocycles. The standard InChI is InChI=1S/C7H11F3.C2H6/c8-5-6-2-1-3-7(9,10)4-6;1-2/h6H,1-5H2;1-2H3. The van der Waals surface area contributed by atoms with E-state index in [-0.39, 0.29) is 18.8 Å². The van der Waals surface area contributed by atoms with Crippen molar-refractivity contribution >= 4 is 0 Å². The zero-order valence-electron chi connectivity index (χ0n) is 7.75. The molecule has 1 rings (SSSR count). The van der Waals surface area contributed by atoms with Crippen molar-refractivity contribution < 1.29 is 13.2 Å². The minimum absolute atomic E-state index is 0.0521. The van der Waals surface area contributed by atoms with Crippen molar-refractivity contribution in [2.45, 2.75) is 45.5 Å². The van der Waals surface area contributed by atoms with Gasteiger partial charge in [0, 0.05) is 12.8 Å². The summed E-state index contributed by atoms with van der Waals surface area (Å²) in [6.45, 7) is 3.41. The Labute approximate surface area is 72.2 Å². The van der Waals surface area contributed by atoms with Crippen molar-refractivity contribution in [1.29, 1.82) is 0 Å². The summed E-state index contributed by atoms with van der Waals surface area (Å²) in [6, 6.07) is 0. The molecule has 0 bridgehead atoms. The molecule has 0 aromatic heterocycles. The predicted octanol–water partition coefficient (Wildman–Crippen LogP) is 3.81. The molecule has 0 aromatic rings. The van der Waals surface area contributed by atoms with Crippen molar-refractivity contribution in [3.63, 3.8) is 0 Å². The lowest BCUT2D eigenvalue weighted by Gasteiger charge is -2.26. The van der Waals surface area contributed by atoms with E-state index < -0.39 is 12.6 Å². The van der Waals surface area contributed by atoms with E-state index in [4.69, 9.17) is 0 Å². The molecule has 0 nitrogen and oxygen atoms in total. The van der Waals surface area contributed by atoms with Crippen molar-refractivity contribution in [3.8, 4) is 0 Å². The quantitative estimate of drug-likeness (QED) is 0.578. The lowest BCUT2D eigenvalue weighted by Crippen LogP contribution is -2.26. The van der Waals surface area contributed by atoms with Crippen molar-refractivity contribution in [1.82, 2.24) is 0 Å². The van der Waals surface area contributed by atoms with Crippen LogP contribution in [0, 0.1) is 5.92 Å². The van der Waals surface area contributed by atoms with Crippen LogP contribution in [0.15, 0.2) is 0 Å². The highest BCUT2D eigenvalue weighted by atomic mass is 19.3. The molecule has 0 amide bonds. The summed E-state index contributed by atoms with van der Waals surface area (Å²) in [5.74, 6) is -2.97. The zero-order chi connectivity index (χ0) is 9.61. The van der Waals surface area contributed by atoms with Gasteiger partial charge in [-0.15, -0.1) is 0 Å². The fraction of sp³-hybridized carbons (Fsp3) is 1.00. The molecule has 12 heavy (non-hydrogen) atoms. The van der Waals surface area contributed by atoms with E-state index in [0.717, 1.165) is 0 Å². The molecule has 0 spiro atoms. The second-order valence-corrected chi connectivity index (χ2v) is 2.97. The van der Waals surface area contributed by atoms with Crippen LogP contribution in [0.3, 0.4) is 0 Å². The highest BCUT2D eigenvalue weighted by Crippen LogP contribution is 2.36. The Balaban J connectivity index is 0.000000561. The van der Waals surface area contributed by atoms with Crippen LogP contribution in [-0.2, 0) is 0 Å². The minimum Gasteiger partial charge on any atom is -0.251 e. The largest absolute Gasteiger partial charge is 0.251 e. The molecule has 0 aromatic carbocycles. The fourth-order valence-electron chi connectivity index (χ4n) is 1.41. The molecule has 3 heteroatoms. The van der Waals surface area contributed by atoms with Crippen molar-refractivity contribution in [3.05, 3.63) is 0 Å². The average molecular weight is 182 g/mol. The highest BCUT2D eigenvalue weighted by Gasteiger charge is 2.35. The fourth-order valence-corrected chi connectivity index (χ4v) is 1.41. The third kappa shape index (κ3) is 3.98. The van der Waals surface area contributed by atoms with E-state index in [0.29, 0.717) is 12.8 Å². The Morgan fingerprint density at radius 3 is 2.25 bits per heavy atom.